The summed E-state index contributed by atoms with van der Waals surface area (Å²) in [5, 5.41) is 3.75. The zero-order valence-corrected chi connectivity index (χ0v) is 15.3. The van der Waals surface area contributed by atoms with Crippen LogP contribution in [0, 0.1) is 24.7 Å². The molecule has 0 bridgehead atoms. The van der Waals surface area contributed by atoms with Gasteiger partial charge in [0.05, 0.1) is 5.69 Å². The van der Waals surface area contributed by atoms with Gasteiger partial charge in [0, 0.05) is 30.9 Å². The highest BCUT2D eigenvalue weighted by Gasteiger charge is 2.40. The Morgan fingerprint density at radius 3 is 2.78 bits per heavy atom. The van der Waals surface area contributed by atoms with Crippen LogP contribution >= 0.6 is 0 Å². The predicted octanol–water partition coefficient (Wildman–Crippen LogP) is 3.63. The molecule has 0 aromatic carbocycles. The molecule has 3 rings (SSSR count). The first-order chi connectivity index (χ1) is 10.9. The maximum atomic E-state index is 4.69. The van der Waals surface area contributed by atoms with Crippen molar-refractivity contribution in [2.24, 2.45) is 17.8 Å². The van der Waals surface area contributed by atoms with E-state index >= 15 is 0 Å². The molecule has 1 saturated heterocycles. The Bertz CT molecular complexity index is 520. The van der Waals surface area contributed by atoms with E-state index < -0.39 is 0 Å². The smallest absolute Gasteiger partial charge is 0.0547 e. The minimum atomic E-state index is 0.233. The first-order valence-electron chi connectivity index (χ1n) is 9.30. The lowest BCUT2D eigenvalue weighted by Gasteiger charge is -2.35. The fraction of sp³-hybridized carbons (Fsp3) is 0.750. The van der Waals surface area contributed by atoms with E-state index in [-0.39, 0.29) is 5.54 Å². The molecule has 0 amide bonds. The van der Waals surface area contributed by atoms with Crippen LogP contribution in [0.4, 0.5) is 0 Å². The highest BCUT2D eigenvalue weighted by molar-refractivity contribution is 5.10. The van der Waals surface area contributed by atoms with E-state index in [4.69, 9.17) is 0 Å². The topological polar surface area (TPSA) is 28.2 Å². The molecule has 1 aromatic rings. The maximum absolute atomic E-state index is 4.69. The van der Waals surface area contributed by atoms with Gasteiger partial charge < -0.3 is 5.32 Å². The third kappa shape index (κ3) is 4.54. The van der Waals surface area contributed by atoms with Crippen LogP contribution in [0.5, 0.6) is 0 Å². The SMILES string of the molecule is Cc1cccc(CN2C[C@@H]3CCC[C@H](CNC(C)(C)C)[C@@H]3C2)n1. The van der Waals surface area contributed by atoms with Gasteiger partial charge in [0.1, 0.15) is 0 Å². The Balaban J connectivity index is 1.59. The van der Waals surface area contributed by atoms with Crippen LogP contribution in [0.2, 0.25) is 0 Å². The molecule has 3 heteroatoms. The summed E-state index contributed by atoms with van der Waals surface area (Å²) in [6.07, 6.45) is 4.24. The minimum Gasteiger partial charge on any atom is -0.312 e. The Hall–Kier alpha value is -0.930. The average Bonchev–Trinajstić information content (AvgIpc) is 2.87. The number of nitrogens with zero attached hydrogens (tertiary/aromatic N) is 2. The second-order valence-corrected chi connectivity index (χ2v) is 8.71. The molecule has 3 nitrogen and oxygen atoms in total. The summed E-state index contributed by atoms with van der Waals surface area (Å²) in [6.45, 7) is 13.6. The summed E-state index contributed by atoms with van der Waals surface area (Å²) in [5.74, 6) is 2.63. The number of aromatic nitrogens is 1. The molecule has 3 atom stereocenters. The van der Waals surface area contributed by atoms with Gasteiger partial charge in [-0.15, -0.1) is 0 Å². The molecule has 1 N–H and O–H groups in total. The zero-order valence-electron chi connectivity index (χ0n) is 15.3. The van der Waals surface area contributed by atoms with Crippen LogP contribution in [-0.4, -0.2) is 35.1 Å². The quantitative estimate of drug-likeness (QED) is 0.919. The van der Waals surface area contributed by atoms with Gasteiger partial charge in [0.2, 0.25) is 0 Å². The Morgan fingerprint density at radius 1 is 1.22 bits per heavy atom. The van der Waals surface area contributed by atoms with Crippen molar-refractivity contribution >= 4 is 0 Å². The number of fused-ring (bicyclic) bond motifs is 1. The Morgan fingerprint density at radius 2 is 2.04 bits per heavy atom. The van der Waals surface area contributed by atoms with Crippen LogP contribution in [0.25, 0.3) is 0 Å². The normalized spacial score (nSPS) is 28.8. The summed E-state index contributed by atoms with van der Waals surface area (Å²) in [6, 6.07) is 6.39. The number of rotatable bonds is 4. The second-order valence-electron chi connectivity index (χ2n) is 8.71. The molecule has 0 unspecified atom stereocenters. The molecule has 128 valence electrons. The van der Waals surface area contributed by atoms with Gasteiger partial charge in [-0.2, -0.15) is 0 Å². The molecule has 1 aliphatic carbocycles. The summed E-state index contributed by atoms with van der Waals surface area (Å²) >= 11 is 0. The van der Waals surface area contributed by atoms with Gasteiger partial charge in [0.25, 0.3) is 0 Å². The first-order valence-corrected chi connectivity index (χ1v) is 9.30. The standard InChI is InChI=1S/C20H33N3/c1-15-7-5-10-18(22-15)13-23-12-17-9-6-8-16(19(17)14-23)11-21-20(2,3)4/h5,7,10,16-17,19,21H,6,8-9,11-14H2,1-4H3/t16-,17+,19+/m1/s1. The summed E-state index contributed by atoms with van der Waals surface area (Å²) in [5.41, 5.74) is 2.59. The largest absolute Gasteiger partial charge is 0.312 e. The lowest BCUT2D eigenvalue weighted by Crippen LogP contribution is -2.43. The minimum absolute atomic E-state index is 0.233. The van der Waals surface area contributed by atoms with Crippen molar-refractivity contribution in [3.8, 4) is 0 Å². The van der Waals surface area contributed by atoms with Gasteiger partial charge in [0.15, 0.2) is 0 Å². The van der Waals surface area contributed by atoms with Crippen molar-refractivity contribution in [3.63, 3.8) is 0 Å². The van der Waals surface area contributed by atoms with Crippen molar-refractivity contribution in [2.75, 3.05) is 19.6 Å². The molecule has 2 heterocycles. The number of pyridine rings is 1. The van der Waals surface area contributed by atoms with E-state index in [1.54, 1.807) is 0 Å². The highest BCUT2D eigenvalue weighted by Crippen LogP contribution is 2.40. The Labute approximate surface area is 141 Å². The van der Waals surface area contributed by atoms with Crippen molar-refractivity contribution < 1.29 is 0 Å². The molecular formula is C20H33N3. The molecule has 1 aliphatic heterocycles. The lowest BCUT2D eigenvalue weighted by atomic mass is 9.73. The summed E-state index contributed by atoms with van der Waals surface area (Å²) in [4.78, 5) is 7.33. The van der Waals surface area contributed by atoms with E-state index in [0.29, 0.717) is 0 Å². The van der Waals surface area contributed by atoms with Gasteiger partial charge in [-0.3, -0.25) is 9.88 Å². The van der Waals surface area contributed by atoms with Crippen molar-refractivity contribution in [3.05, 3.63) is 29.6 Å². The number of hydrogen-bond acceptors (Lipinski definition) is 3. The molecule has 1 saturated carbocycles. The maximum Gasteiger partial charge on any atom is 0.0547 e. The van der Waals surface area contributed by atoms with Crippen LogP contribution in [0.3, 0.4) is 0 Å². The van der Waals surface area contributed by atoms with Crippen molar-refractivity contribution in [2.45, 2.75) is 59.0 Å². The third-order valence-electron chi connectivity index (χ3n) is 5.55. The molecule has 23 heavy (non-hydrogen) atoms. The predicted molar refractivity (Wildman–Crippen MR) is 96.3 cm³/mol. The fourth-order valence-electron chi connectivity index (χ4n) is 4.42. The highest BCUT2D eigenvalue weighted by atomic mass is 15.2. The molecule has 1 aromatic heterocycles. The number of nitrogens with one attached hydrogen (secondary N) is 1. The van der Waals surface area contributed by atoms with Crippen LogP contribution in [-0.2, 0) is 6.54 Å². The molecule has 2 aliphatic rings. The van der Waals surface area contributed by atoms with E-state index in [1.807, 2.05) is 0 Å². The third-order valence-corrected chi connectivity index (χ3v) is 5.55. The first kappa shape index (κ1) is 16.9. The van der Waals surface area contributed by atoms with Crippen LogP contribution in [0.15, 0.2) is 18.2 Å². The van der Waals surface area contributed by atoms with Gasteiger partial charge in [-0.1, -0.05) is 12.5 Å². The molecular weight excluding hydrogens is 282 g/mol. The number of aryl methyl sites for hydroxylation is 1. The molecule has 0 radical (unpaired) electrons. The summed E-state index contributed by atoms with van der Waals surface area (Å²) < 4.78 is 0. The van der Waals surface area contributed by atoms with E-state index in [2.05, 4.69) is 61.1 Å². The molecule has 2 fully saturated rings. The van der Waals surface area contributed by atoms with E-state index in [9.17, 15) is 0 Å². The lowest BCUT2D eigenvalue weighted by molar-refractivity contribution is 0.182. The summed E-state index contributed by atoms with van der Waals surface area (Å²) in [7, 11) is 0. The van der Waals surface area contributed by atoms with Crippen molar-refractivity contribution in [1.29, 1.82) is 0 Å². The van der Waals surface area contributed by atoms with E-state index in [0.717, 1.165) is 30.0 Å². The zero-order chi connectivity index (χ0) is 16.4. The van der Waals surface area contributed by atoms with E-state index in [1.165, 1.54) is 44.6 Å². The average molecular weight is 316 g/mol. The molecule has 0 spiro atoms. The Kier molecular flexibility index (Phi) is 5.07. The number of hydrogen-bond donors (Lipinski definition) is 1. The number of likely N-dealkylation sites (tertiary alicyclic amines) is 1. The van der Waals surface area contributed by atoms with Crippen LogP contribution in [0.1, 0.15) is 51.4 Å². The fourth-order valence-corrected chi connectivity index (χ4v) is 4.42. The van der Waals surface area contributed by atoms with Crippen molar-refractivity contribution in [1.82, 2.24) is 15.2 Å². The van der Waals surface area contributed by atoms with Gasteiger partial charge >= 0.3 is 0 Å². The van der Waals surface area contributed by atoms with Gasteiger partial charge in [-0.05, 0) is 77.0 Å². The van der Waals surface area contributed by atoms with Crippen LogP contribution < -0.4 is 5.32 Å². The second kappa shape index (κ2) is 6.90. The van der Waals surface area contributed by atoms with Gasteiger partial charge in [-0.25, -0.2) is 0 Å². The monoisotopic (exact) mass is 315 g/mol.